The predicted octanol–water partition coefficient (Wildman–Crippen LogP) is 4.60. The molecule has 0 saturated heterocycles. The molecule has 2 heterocycles. The maximum atomic E-state index is 11.8. The predicted molar refractivity (Wildman–Crippen MR) is 108 cm³/mol. The Morgan fingerprint density at radius 1 is 1.14 bits per heavy atom. The second-order valence-electron chi connectivity index (χ2n) is 6.22. The first-order valence-corrected chi connectivity index (χ1v) is 9.46. The SMILES string of the molecule is Cc1nnc(S/C(=C\c2cn(Cc3ccccc3)c3ccccc23)C(=O)O)o1. The van der Waals surface area contributed by atoms with E-state index in [2.05, 4.69) is 26.9 Å². The smallest absolute Gasteiger partial charge is 0.342 e. The molecule has 4 rings (SSSR count). The Morgan fingerprint density at radius 3 is 2.61 bits per heavy atom. The first kappa shape index (κ1) is 18.1. The monoisotopic (exact) mass is 391 g/mol. The van der Waals surface area contributed by atoms with Gasteiger partial charge in [0.2, 0.25) is 5.89 Å². The number of hydrogen-bond acceptors (Lipinski definition) is 5. The molecule has 0 atom stereocenters. The minimum atomic E-state index is -1.04. The first-order valence-electron chi connectivity index (χ1n) is 8.65. The van der Waals surface area contributed by atoms with E-state index in [4.69, 9.17) is 4.42 Å². The number of aliphatic carboxylic acids is 1. The van der Waals surface area contributed by atoms with Gasteiger partial charge in [-0.3, -0.25) is 0 Å². The number of para-hydroxylation sites is 1. The molecule has 28 heavy (non-hydrogen) atoms. The molecule has 0 spiro atoms. The van der Waals surface area contributed by atoms with Gasteiger partial charge in [0.1, 0.15) is 4.91 Å². The lowest BCUT2D eigenvalue weighted by molar-refractivity contribution is -0.131. The van der Waals surface area contributed by atoms with Gasteiger partial charge in [0.25, 0.3) is 5.22 Å². The number of aryl methyl sites for hydroxylation is 1. The third-order valence-electron chi connectivity index (χ3n) is 4.22. The van der Waals surface area contributed by atoms with Crippen LogP contribution in [0, 0.1) is 6.92 Å². The number of thioether (sulfide) groups is 1. The van der Waals surface area contributed by atoms with Crippen LogP contribution in [-0.4, -0.2) is 25.8 Å². The van der Waals surface area contributed by atoms with E-state index in [1.54, 1.807) is 13.0 Å². The van der Waals surface area contributed by atoms with E-state index < -0.39 is 5.97 Å². The van der Waals surface area contributed by atoms with E-state index in [9.17, 15) is 9.90 Å². The summed E-state index contributed by atoms with van der Waals surface area (Å²) in [6.07, 6.45) is 3.62. The summed E-state index contributed by atoms with van der Waals surface area (Å²) in [4.78, 5) is 11.9. The topological polar surface area (TPSA) is 81.2 Å². The average Bonchev–Trinajstić information content (AvgIpc) is 3.26. The van der Waals surface area contributed by atoms with Gasteiger partial charge in [-0.1, -0.05) is 48.5 Å². The van der Waals surface area contributed by atoms with Gasteiger partial charge in [0, 0.05) is 36.1 Å². The lowest BCUT2D eigenvalue weighted by Gasteiger charge is -2.05. The van der Waals surface area contributed by atoms with Crippen LogP contribution in [0.1, 0.15) is 17.0 Å². The van der Waals surface area contributed by atoms with Crippen LogP contribution in [0.4, 0.5) is 0 Å². The van der Waals surface area contributed by atoms with Gasteiger partial charge in [0.15, 0.2) is 0 Å². The van der Waals surface area contributed by atoms with Crippen molar-refractivity contribution >= 4 is 34.7 Å². The molecular weight excluding hydrogens is 374 g/mol. The minimum absolute atomic E-state index is 0.117. The molecule has 0 radical (unpaired) electrons. The minimum Gasteiger partial charge on any atom is -0.477 e. The number of carbonyl (C=O) groups is 1. The zero-order valence-electron chi connectivity index (χ0n) is 15.1. The highest BCUT2D eigenvalue weighted by molar-refractivity contribution is 8.03. The molecule has 0 amide bonds. The summed E-state index contributed by atoms with van der Waals surface area (Å²) in [6.45, 7) is 2.37. The van der Waals surface area contributed by atoms with Crippen molar-refractivity contribution in [3.8, 4) is 0 Å². The Balaban J connectivity index is 1.74. The van der Waals surface area contributed by atoms with Crippen molar-refractivity contribution in [3.05, 3.63) is 82.7 Å². The number of fused-ring (bicyclic) bond motifs is 1. The van der Waals surface area contributed by atoms with Crippen LogP contribution in [0.2, 0.25) is 0 Å². The number of carboxylic acid groups (broad SMARTS) is 1. The fourth-order valence-electron chi connectivity index (χ4n) is 2.99. The molecule has 0 aliphatic rings. The van der Waals surface area contributed by atoms with E-state index in [0.717, 1.165) is 28.2 Å². The zero-order chi connectivity index (χ0) is 19.5. The normalized spacial score (nSPS) is 11.8. The fourth-order valence-corrected chi connectivity index (χ4v) is 3.70. The number of benzene rings is 2. The summed E-state index contributed by atoms with van der Waals surface area (Å²) >= 11 is 0.946. The van der Waals surface area contributed by atoms with Crippen molar-refractivity contribution in [2.24, 2.45) is 0 Å². The zero-order valence-corrected chi connectivity index (χ0v) is 15.9. The summed E-state index contributed by atoms with van der Waals surface area (Å²) < 4.78 is 7.43. The molecule has 0 saturated carbocycles. The molecule has 2 aromatic heterocycles. The standard InChI is InChI=1S/C21H17N3O3S/c1-14-22-23-21(27-14)28-19(20(25)26)11-16-13-24(12-15-7-3-2-4-8-15)18-10-6-5-9-17(16)18/h2-11,13H,12H2,1H3,(H,25,26)/b19-11-. The maximum absolute atomic E-state index is 11.8. The number of aromatic nitrogens is 3. The van der Waals surface area contributed by atoms with E-state index in [1.807, 2.05) is 48.7 Å². The van der Waals surface area contributed by atoms with Crippen molar-refractivity contribution in [2.75, 3.05) is 0 Å². The van der Waals surface area contributed by atoms with Crippen molar-refractivity contribution in [2.45, 2.75) is 18.7 Å². The fraction of sp³-hybridized carbons (Fsp3) is 0.0952. The van der Waals surface area contributed by atoms with Crippen LogP contribution in [0.25, 0.3) is 17.0 Å². The average molecular weight is 391 g/mol. The van der Waals surface area contributed by atoms with Crippen LogP contribution in [0.15, 0.2) is 75.3 Å². The van der Waals surface area contributed by atoms with Crippen LogP contribution in [-0.2, 0) is 11.3 Å². The molecule has 0 fully saturated rings. The number of hydrogen-bond donors (Lipinski definition) is 1. The molecule has 140 valence electrons. The van der Waals surface area contributed by atoms with Gasteiger partial charge in [0.05, 0.1) is 0 Å². The molecule has 7 heteroatoms. The Kier molecular flexibility index (Phi) is 4.99. The van der Waals surface area contributed by atoms with Crippen LogP contribution >= 0.6 is 11.8 Å². The largest absolute Gasteiger partial charge is 0.477 e. The molecule has 6 nitrogen and oxygen atoms in total. The second-order valence-corrected chi connectivity index (χ2v) is 7.21. The third-order valence-corrected chi connectivity index (χ3v) is 5.07. The Morgan fingerprint density at radius 2 is 1.89 bits per heavy atom. The van der Waals surface area contributed by atoms with Crippen molar-refractivity contribution in [3.63, 3.8) is 0 Å². The second kappa shape index (κ2) is 7.74. The molecule has 0 aliphatic heterocycles. The molecule has 2 aromatic carbocycles. The van der Waals surface area contributed by atoms with E-state index >= 15 is 0 Å². The summed E-state index contributed by atoms with van der Waals surface area (Å²) in [5.74, 6) is -0.646. The Bertz CT molecular complexity index is 1160. The van der Waals surface area contributed by atoms with E-state index in [-0.39, 0.29) is 10.1 Å². The quantitative estimate of drug-likeness (QED) is 0.382. The van der Waals surface area contributed by atoms with Gasteiger partial charge in [-0.25, -0.2) is 4.79 Å². The van der Waals surface area contributed by atoms with Crippen LogP contribution < -0.4 is 0 Å². The van der Waals surface area contributed by atoms with Crippen molar-refractivity contribution in [1.82, 2.24) is 14.8 Å². The highest BCUT2D eigenvalue weighted by Gasteiger charge is 2.16. The lowest BCUT2D eigenvalue weighted by Crippen LogP contribution is -1.97. The van der Waals surface area contributed by atoms with Crippen LogP contribution in [0.3, 0.4) is 0 Å². The first-order chi connectivity index (χ1) is 13.6. The van der Waals surface area contributed by atoms with Gasteiger partial charge < -0.3 is 14.1 Å². The van der Waals surface area contributed by atoms with Crippen molar-refractivity contribution < 1.29 is 14.3 Å². The lowest BCUT2D eigenvalue weighted by atomic mass is 10.1. The van der Waals surface area contributed by atoms with Gasteiger partial charge in [-0.2, -0.15) is 0 Å². The summed E-state index contributed by atoms with van der Waals surface area (Å²) in [6, 6.07) is 18.1. The Labute approximate surface area is 165 Å². The summed E-state index contributed by atoms with van der Waals surface area (Å²) in [5.41, 5.74) is 3.04. The number of rotatable bonds is 6. The molecular formula is C21H17N3O3S. The molecule has 1 N–H and O–H groups in total. The molecule has 4 aromatic rings. The van der Waals surface area contributed by atoms with E-state index in [1.165, 1.54) is 5.56 Å². The number of nitrogens with zero attached hydrogens (tertiary/aromatic N) is 3. The molecule has 0 bridgehead atoms. The maximum Gasteiger partial charge on any atom is 0.342 e. The van der Waals surface area contributed by atoms with Crippen LogP contribution in [0.5, 0.6) is 0 Å². The summed E-state index contributed by atoms with van der Waals surface area (Å²) in [7, 11) is 0. The summed E-state index contributed by atoms with van der Waals surface area (Å²) in [5, 5.41) is 18.4. The van der Waals surface area contributed by atoms with Crippen molar-refractivity contribution in [1.29, 1.82) is 0 Å². The third kappa shape index (κ3) is 3.84. The molecule has 0 unspecified atom stereocenters. The van der Waals surface area contributed by atoms with Gasteiger partial charge in [-0.05, 0) is 29.5 Å². The highest BCUT2D eigenvalue weighted by atomic mass is 32.2. The molecule has 0 aliphatic carbocycles. The van der Waals surface area contributed by atoms with Gasteiger partial charge >= 0.3 is 5.97 Å². The Hall–Kier alpha value is -3.32. The van der Waals surface area contributed by atoms with Gasteiger partial charge in [-0.15, -0.1) is 10.2 Å². The number of carboxylic acids is 1. The van der Waals surface area contributed by atoms with E-state index in [0.29, 0.717) is 12.4 Å². The highest BCUT2D eigenvalue weighted by Crippen LogP contribution is 2.30.